The van der Waals surface area contributed by atoms with Crippen LogP contribution in [0.5, 0.6) is 0 Å². The molecule has 0 radical (unpaired) electrons. The van der Waals surface area contributed by atoms with Gasteiger partial charge in [0.2, 0.25) is 5.91 Å². The molecule has 1 aliphatic rings. The molecule has 1 aliphatic heterocycles. The molecule has 3 rings (SSSR count). The van der Waals surface area contributed by atoms with Gasteiger partial charge in [0.05, 0.1) is 5.36 Å². The van der Waals surface area contributed by atoms with Gasteiger partial charge in [0, 0.05) is 31.2 Å². The average molecular weight is 225 g/mol. The summed E-state index contributed by atoms with van der Waals surface area (Å²) in [6, 6.07) is 7.64. The fraction of sp³-hybridized carbons (Fsp3) is 0.0769. The standard InChI is InChI=1S/C9H7NO.C4H4N2/c11-9-6-5-7-3-1-2-4-8(7)10-9;1-2-6-4-3-5-1/h1-5H,6H2;1-4H. The highest BCUT2D eigenvalue weighted by Crippen LogP contribution is 1.88. The molecule has 0 spiro atoms. The Morgan fingerprint density at radius 3 is 2.24 bits per heavy atom. The van der Waals surface area contributed by atoms with Crippen LogP contribution < -0.4 is 10.6 Å². The smallest absolute Gasteiger partial charge is 0.250 e. The van der Waals surface area contributed by atoms with Crippen molar-refractivity contribution >= 4 is 12.0 Å². The lowest BCUT2D eigenvalue weighted by atomic mass is 10.2. The maximum Gasteiger partial charge on any atom is 0.250 e. The van der Waals surface area contributed by atoms with Gasteiger partial charge in [0.1, 0.15) is 0 Å². The van der Waals surface area contributed by atoms with Gasteiger partial charge in [-0.15, -0.1) is 0 Å². The third kappa shape index (κ3) is 3.31. The summed E-state index contributed by atoms with van der Waals surface area (Å²) in [5.74, 6) is -0.0521. The fourth-order valence-corrected chi connectivity index (χ4v) is 1.39. The predicted molar refractivity (Wildman–Crippen MR) is 63.3 cm³/mol. The van der Waals surface area contributed by atoms with E-state index in [1.807, 2.05) is 30.3 Å². The second-order valence-electron chi connectivity index (χ2n) is 3.37. The van der Waals surface area contributed by atoms with Crippen molar-refractivity contribution in [2.75, 3.05) is 0 Å². The first-order valence-corrected chi connectivity index (χ1v) is 5.23. The average Bonchev–Trinajstić information content (AvgIpc) is 2.41. The highest BCUT2D eigenvalue weighted by atomic mass is 16.1. The van der Waals surface area contributed by atoms with Gasteiger partial charge in [-0.05, 0) is 11.3 Å². The molecule has 0 aliphatic carbocycles. The number of hydrogen-bond donors (Lipinski definition) is 0. The molecular formula is C13H11N3O. The lowest BCUT2D eigenvalue weighted by molar-refractivity contribution is -0.117. The first-order chi connectivity index (χ1) is 8.36. The minimum absolute atomic E-state index is 0.0521. The minimum atomic E-state index is -0.0521. The summed E-state index contributed by atoms with van der Waals surface area (Å²) in [5, 5.41) is 1.86. The number of aromatic nitrogens is 2. The molecule has 1 amide bonds. The number of carbonyl (C=O) groups excluding carboxylic acids is 1. The largest absolute Gasteiger partial charge is 0.272 e. The van der Waals surface area contributed by atoms with Gasteiger partial charge in [-0.3, -0.25) is 14.8 Å². The van der Waals surface area contributed by atoms with Crippen LogP contribution in [0.1, 0.15) is 6.42 Å². The summed E-state index contributed by atoms with van der Waals surface area (Å²) >= 11 is 0. The molecule has 0 fully saturated rings. The maximum absolute atomic E-state index is 10.8. The van der Waals surface area contributed by atoms with Crippen LogP contribution in [0.3, 0.4) is 0 Å². The SMILES string of the molecule is O=C1CC=c2ccccc2=N1.c1cnccn1. The van der Waals surface area contributed by atoms with Crippen LogP contribution in [0.15, 0.2) is 54.0 Å². The number of benzene rings is 1. The lowest BCUT2D eigenvalue weighted by Gasteiger charge is -1.95. The Balaban J connectivity index is 0.000000153. The van der Waals surface area contributed by atoms with Gasteiger partial charge >= 0.3 is 0 Å². The molecule has 4 heteroatoms. The Labute approximate surface area is 98.4 Å². The van der Waals surface area contributed by atoms with Crippen molar-refractivity contribution in [1.29, 1.82) is 0 Å². The van der Waals surface area contributed by atoms with Crippen LogP contribution in [-0.2, 0) is 4.79 Å². The first kappa shape index (κ1) is 11.1. The molecule has 0 atom stereocenters. The second kappa shape index (κ2) is 5.65. The summed E-state index contributed by atoms with van der Waals surface area (Å²) < 4.78 is 0. The number of carbonyl (C=O) groups is 1. The van der Waals surface area contributed by atoms with E-state index in [0.717, 1.165) is 10.6 Å². The van der Waals surface area contributed by atoms with Crippen LogP contribution >= 0.6 is 0 Å². The zero-order valence-electron chi connectivity index (χ0n) is 9.15. The Bertz CT molecular complexity index is 581. The fourth-order valence-electron chi connectivity index (χ4n) is 1.39. The van der Waals surface area contributed by atoms with Crippen LogP contribution in [0, 0.1) is 0 Å². The summed E-state index contributed by atoms with van der Waals surface area (Å²) in [7, 11) is 0. The number of rotatable bonds is 0. The minimum Gasteiger partial charge on any atom is -0.272 e. The van der Waals surface area contributed by atoms with E-state index >= 15 is 0 Å². The summed E-state index contributed by atoms with van der Waals surface area (Å²) in [5.41, 5.74) is 0. The summed E-state index contributed by atoms with van der Waals surface area (Å²) in [6.07, 6.45) is 8.90. The van der Waals surface area contributed by atoms with Gasteiger partial charge in [-0.25, -0.2) is 4.99 Å². The van der Waals surface area contributed by atoms with Gasteiger partial charge in [0.15, 0.2) is 0 Å². The first-order valence-electron chi connectivity index (χ1n) is 5.23. The highest BCUT2D eigenvalue weighted by Gasteiger charge is 2.00. The van der Waals surface area contributed by atoms with Gasteiger partial charge in [-0.1, -0.05) is 24.3 Å². The molecule has 0 unspecified atom stereocenters. The van der Waals surface area contributed by atoms with Crippen molar-refractivity contribution in [3.8, 4) is 0 Å². The van der Waals surface area contributed by atoms with Crippen molar-refractivity contribution in [1.82, 2.24) is 9.97 Å². The molecular weight excluding hydrogens is 214 g/mol. The van der Waals surface area contributed by atoms with E-state index in [-0.39, 0.29) is 5.91 Å². The van der Waals surface area contributed by atoms with Crippen molar-refractivity contribution < 1.29 is 4.79 Å². The van der Waals surface area contributed by atoms with Crippen molar-refractivity contribution in [3.63, 3.8) is 0 Å². The van der Waals surface area contributed by atoms with Gasteiger partial charge < -0.3 is 0 Å². The molecule has 2 aromatic rings. The molecule has 17 heavy (non-hydrogen) atoms. The van der Waals surface area contributed by atoms with E-state index in [4.69, 9.17) is 0 Å². The van der Waals surface area contributed by atoms with Crippen LogP contribution in [-0.4, -0.2) is 15.9 Å². The lowest BCUT2D eigenvalue weighted by Crippen LogP contribution is -2.28. The third-order valence-electron chi connectivity index (χ3n) is 2.16. The Morgan fingerprint density at radius 2 is 1.59 bits per heavy atom. The number of para-hydroxylation sites is 1. The van der Waals surface area contributed by atoms with E-state index in [1.165, 1.54) is 0 Å². The number of fused-ring (bicyclic) bond motifs is 1. The van der Waals surface area contributed by atoms with E-state index in [9.17, 15) is 4.79 Å². The molecule has 4 nitrogen and oxygen atoms in total. The van der Waals surface area contributed by atoms with E-state index in [0.29, 0.717) is 6.42 Å². The van der Waals surface area contributed by atoms with Crippen LogP contribution in [0.25, 0.3) is 6.08 Å². The van der Waals surface area contributed by atoms with Crippen molar-refractivity contribution in [2.45, 2.75) is 6.42 Å². The van der Waals surface area contributed by atoms with Gasteiger partial charge in [-0.2, -0.15) is 0 Å². The molecule has 0 saturated heterocycles. The quantitative estimate of drug-likeness (QED) is 0.655. The molecule has 2 heterocycles. The van der Waals surface area contributed by atoms with Crippen molar-refractivity contribution in [2.24, 2.45) is 4.99 Å². The van der Waals surface area contributed by atoms with E-state index < -0.39 is 0 Å². The summed E-state index contributed by atoms with van der Waals surface area (Å²) in [6.45, 7) is 0. The van der Waals surface area contributed by atoms with E-state index in [1.54, 1.807) is 24.8 Å². The van der Waals surface area contributed by atoms with Crippen LogP contribution in [0.2, 0.25) is 0 Å². The van der Waals surface area contributed by atoms with E-state index in [2.05, 4.69) is 15.0 Å². The molecule has 0 N–H and O–H groups in total. The number of amides is 1. The van der Waals surface area contributed by atoms with Gasteiger partial charge in [0.25, 0.3) is 0 Å². The number of nitrogens with zero attached hydrogens (tertiary/aromatic N) is 3. The van der Waals surface area contributed by atoms with Crippen molar-refractivity contribution in [3.05, 3.63) is 59.6 Å². The second-order valence-corrected chi connectivity index (χ2v) is 3.37. The predicted octanol–water partition coefficient (Wildman–Crippen LogP) is 0.494. The maximum atomic E-state index is 10.8. The Kier molecular flexibility index (Phi) is 3.70. The third-order valence-corrected chi connectivity index (χ3v) is 2.16. The molecule has 84 valence electrons. The topological polar surface area (TPSA) is 55.2 Å². The monoisotopic (exact) mass is 225 g/mol. The van der Waals surface area contributed by atoms with Crippen LogP contribution in [0.4, 0.5) is 0 Å². The number of hydrogen-bond acceptors (Lipinski definition) is 3. The summed E-state index contributed by atoms with van der Waals surface area (Å²) in [4.78, 5) is 22.1. The Morgan fingerprint density at radius 1 is 0.941 bits per heavy atom. The molecule has 1 aromatic carbocycles. The molecule has 0 bridgehead atoms. The molecule has 1 aromatic heterocycles. The Hall–Kier alpha value is -2.36. The zero-order chi connectivity index (χ0) is 11.9. The molecule has 0 saturated carbocycles. The normalized spacial score (nSPS) is 12.4. The highest BCUT2D eigenvalue weighted by molar-refractivity contribution is 5.82. The zero-order valence-corrected chi connectivity index (χ0v) is 9.15.